The van der Waals surface area contributed by atoms with Gasteiger partial charge in [0.1, 0.15) is 17.6 Å². The molecule has 2 aliphatic rings. The molecule has 4 aromatic rings. The Balaban J connectivity index is 0.964. The molecule has 0 saturated carbocycles. The molecule has 0 aliphatic carbocycles. The van der Waals surface area contributed by atoms with Crippen molar-refractivity contribution < 1.29 is 43.5 Å². The SMILES string of the molecule is Cc1nc(N)c2nc(CN(C)c3ccc(C(=O)N[C@@H](CCCNC(=O)c4ccc(CC(=O)[C@H](C)NC(=O)[C@@H](CC(=O)CCCCCN5C(=O)C=CC5=O)C(C)C)cc4C4=NCN=N4)C(=O)O)s3)cnc2n1. The van der Waals surface area contributed by atoms with Crippen molar-refractivity contribution in [3.8, 4) is 0 Å². The minimum Gasteiger partial charge on any atom is -0.480 e. The van der Waals surface area contributed by atoms with E-state index >= 15 is 0 Å². The van der Waals surface area contributed by atoms with Gasteiger partial charge in [0.15, 0.2) is 35.3 Å². The van der Waals surface area contributed by atoms with Crippen molar-refractivity contribution in [3.05, 3.63) is 81.8 Å². The van der Waals surface area contributed by atoms with Crippen LogP contribution in [0.5, 0.6) is 0 Å². The summed E-state index contributed by atoms with van der Waals surface area (Å²) < 4.78 is 0. The van der Waals surface area contributed by atoms with Crippen LogP contribution in [0, 0.1) is 18.8 Å². The lowest BCUT2D eigenvalue weighted by Gasteiger charge is -2.22. The highest BCUT2D eigenvalue weighted by Crippen LogP contribution is 2.27. The Labute approximate surface area is 413 Å². The van der Waals surface area contributed by atoms with E-state index in [2.05, 4.69) is 51.1 Å². The van der Waals surface area contributed by atoms with Crippen LogP contribution in [0.25, 0.3) is 11.2 Å². The first-order valence-electron chi connectivity index (χ1n) is 23.2. The summed E-state index contributed by atoms with van der Waals surface area (Å²) in [7, 11) is 1.81. The third kappa shape index (κ3) is 14.2. The summed E-state index contributed by atoms with van der Waals surface area (Å²) in [6, 6.07) is 5.97. The highest BCUT2D eigenvalue weighted by molar-refractivity contribution is 7.18. The van der Waals surface area contributed by atoms with Gasteiger partial charge in [-0.2, -0.15) is 5.11 Å². The molecule has 374 valence electrons. The first-order valence-corrected chi connectivity index (χ1v) is 24.0. The van der Waals surface area contributed by atoms with Crippen molar-refractivity contribution in [2.45, 2.75) is 97.7 Å². The van der Waals surface area contributed by atoms with Crippen LogP contribution in [-0.2, 0) is 41.7 Å². The number of anilines is 2. The molecular formula is C48H57N13O9S. The van der Waals surface area contributed by atoms with Gasteiger partial charge >= 0.3 is 5.97 Å². The minimum atomic E-state index is -1.24. The van der Waals surface area contributed by atoms with Crippen LogP contribution in [0.15, 0.2) is 63.9 Å². The molecule has 22 nitrogen and oxygen atoms in total. The van der Waals surface area contributed by atoms with E-state index in [1.165, 1.54) is 29.6 Å². The summed E-state index contributed by atoms with van der Waals surface area (Å²) in [4.78, 5) is 127. The number of thiophene rings is 1. The van der Waals surface area contributed by atoms with Crippen LogP contribution in [0.4, 0.5) is 10.8 Å². The van der Waals surface area contributed by atoms with Crippen molar-refractivity contribution in [1.82, 2.24) is 40.8 Å². The Morgan fingerprint density at radius 3 is 2.39 bits per heavy atom. The summed E-state index contributed by atoms with van der Waals surface area (Å²) in [6.45, 7) is 7.69. The van der Waals surface area contributed by atoms with Gasteiger partial charge in [0.25, 0.3) is 23.6 Å². The number of aryl methyl sites for hydroxylation is 1. The van der Waals surface area contributed by atoms with E-state index < -0.39 is 41.7 Å². The van der Waals surface area contributed by atoms with Crippen molar-refractivity contribution in [2.24, 2.45) is 27.1 Å². The number of aliphatic carboxylic acids is 1. The van der Waals surface area contributed by atoms with Crippen molar-refractivity contribution in [3.63, 3.8) is 0 Å². The summed E-state index contributed by atoms with van der Waals surface area (Å²) in [5.41, 5.74) is 8.46. The molecule has 6 rings (SSSR count). The van der Waals surface area contributed by atoms with Gasteiger partial charge in [-0.05, 0) is 75.3 Å². The van der Waals surface area contributed by atoms with Gasteiger partial charge in [-0.1, -0.05) is 26.3 Å². The van der Waals surface area contributed by atoms with Gasteiger partial charge in [0.05, 0.1) is 39.9 Å². The lowest BCUT2D eigenvalue weighted by Crippen LogP contribution is -2.44. The Hall–Kier alpha value is -7.69. The lowest BCUT2D eigenvalue weighted by molar-refractivity contribution is -0.139. The van der Waals surface area contributed by atoms with Gasteiger partial charge < -0.3 is 31.7 Å². The van der Waals surface area contributed by atoms with Crippen molar-refractivity contribution in [1.29, 1.82) is 0 Å². The van der Waals surface area contributed by atoms with Crippen LogP contribution in [0.1, 0.15) is 108 Å². The second kappa shape index (κ2) is 24.2. The maximum Gasteiger partial charge on any atom is 0.326 e. The number of carboxylic acid groups (broad SMARTS) is 1. The Morgan fingerprint density at radius 1 is 0.930 bits per heavy atom. The zero-order valence-corrected chi connectivity index (χ0v) is 41.0. The molecule has 0 spiro atoms. The number of rotatable bonds is 26. The molecule has 5 heterocycles. The Bertz CT molecular complexity index is 2790. The quantitative estimate of drug-likeness (QED) is 0.0440. The number of carbonyl (C=O) groups is 8. The van der Waals surface area contributed by atoms with Gasteiger partial charge in [0.2, 0.25) is 5.91 Å². The molecule has 3 atom stereocenters. The molecule has 0 bridgehead atoms. The fourth-order valence-corrected chi connectivity index (χ4v) is 8.70. The highest BCUT2D eigenvalue weighted by atomic mass is 32.1. The van der Waals surface area contributed by atoms with Crippen LogP contribution in [0.2, 0.25) is 0 Å². The van der Waals surface area contributed by atoms with Crippen molar-refractivity contribution >= 4 is 86.2 Å². The summed E-state index contributed by atoms with van der Waals surface area (Å²) in [5, 5.41) is 26.8. The number of nitrogens with zero attached hydrogens (tertiary/aromatic N) is 9. The van der Waals surface area contributed by atoms with Crippen LogP contribution >= 0.6 is 11.3 Å². The summed E-state index contributed by atoms with van der Waals surface area (Å²) >= 11 is 1.17. The third-order valence-corrected chi connectivity index (χ3v) is 13.0. The predicted molar refractivity (Wildman–Crippen MR) is 262 cm³/mol. The van der Waals surface area contributed by atoms with Crippen LogP contribution in [0.3, 0.4) is 0 Å². The molecule has 3 aromatic heterocycles. The molecule has 0 unspecified atom stereocenters. The number of nitrogens with two attached hydrogens (primary N) is 1. The van der Waals surface area contributed by atoms with Crippen LogP contribution < -0.4 is 26.6 Å². The number of aromatic nitrogens is 4. The number of unbranched alkanes of at least 4 members (excludes halogenated alkanes) is 2. The zero-order valence-electron chi connectivity index (χ0n) is 40.1. The van der Waals surface area contributed by atoms with Gasteiger partial charge in [-0.3, -0.25) is 38.5 Å². The number of amides is 5. The first-order chi connectivity index (χ1) is 33.9. The van der Waals surface area contributed by atoms with Crippen LogP contribution in [-0.4, -0.2) is 122 Å². The second-order valence-corrected chi connectivity index (χ2v) is 18.7. The maximum absolute atomic E-state index is 13.5. The first kappa shape index (κ1) is 52.7. The molecule has 23 heteroatoms. The average molecular weight is 992 g/mol. The van der Waals surface area contributed by atoms with E-state index in [9.17, 15) is 43.5 Å². The monoisotopic (exact) mass is 991 g/mol. The standard InChI is InChI=1S/C48H57N13O9S/c1-26(2)33(22-31(62)10-7-6-8-19-61-38(64)15-16-39(61)65)46(67)54-27(3)36(63)21-29-12-13-32(34(20-29)43-52-25-53-59-43)45(66)50-18-9-11-35(48(69)70)58-47(68)37-14-17-40(71-37)60(5)24-30-23-51-44-41(57-30)42(49)55-28(4)56-44/h12-17,20,23,26-27,33,35H,6-11,18-19,21-22,24-25H2,1-5H3,(H,50,66)(H,54,67)(H,58,68)(H,69,70)(H2,49,51,55,56)/t27-,33-,35-/m0/s1. The average Bonchev–Trinajstić information content (AvgIpc) is 4.12. The Kier molecular flexibility index (Phi) is 18.0. The maximum atomic E-state index is 13.5. The van der Waals surface area contributed by atoms with E-state index in [-0.39, 0.29) is 98.4 Å². The molecule has 5 amide bonds. The molecule has 71 heavy (non-hydrogen) atoms. The molecule has 0 saturated heterocycles. The second-order valence-electron chi connectivity index (χ2n) is 17.6. The van der Waals surface area contributed by atoms with E-state index in [1.54, 1.807) is 44.3 Å². The number of carbonyl (C=O) groups excluding carboxylic acids is 7. The molecular weight excluding hydrogens is 935 g/mol. The van der Waals surface area contributed by atoms with E-state index in [0.717, 1.165) is 9.90 Å². The number of nitrogens with one attached hydrogen (secondary N) is 3. The number of imide groups is 1. The van der Waals surface area contributed by atoms with E-state index in [0.29, 0.717) is 64.5 Å². The van der Waals surface area contributed by atoms with Crippen molar-refractivity contribution in [2.75, 3.05) is 37.4 Å². The largest absolute Gasteiger partial charge is 0.480 e. The van der Waals surface area contributed by atoms with Gasteiger partial charge in [0, 0.05) is 63.0 Å². The minimum absolute atomic E-state index is 0.00680. The fourth-order valence-electron chi connectivity index (χ4n) is 7.83. The number of hydrogen-bond donors (Lipinski definition) is 5. The number of nitrogen functional groups attached to an aromatic ring is 1. The third-order valence-electron chi connectivity index (χ3n) is 11.8. The van der Waals surface area contributed by atoms with E-state index in [4.69, 9.17) is 5.73 Å². The van der Waals surface area contributed by atoms with Gasteiger partial charge in [-0.25, -0.2) is 29.7 Å². The number of aliphatic imine (C=N–C) groups is 1. The molecule has 6 N–H and O–H groups in total. The highest BCUT2D eigenvalue weighted by Gasteiger charge is 2.29. The number of benzene rings is 1. The summed E-state index contributed by atoms with van der Waals surface area (Å²) in [5.74, 6) is -3.76. The molecule has 1 aromatic carbocycles. The summed E-state index contributed by atoms with van der Waals surface area (Å²) in [6.07, 6.45) is 6.17. The fraction of sp³-hybridized carbons (Fsp3) is 0.438. The lowest BCUT2D eigenvalue weighted by atomic mass is 9.88. The predicted octanol–water partition coefficient (Wildman–Crippen LogP) is 3.90. The van der Waals surface area contributed by atoms with E-state index in [1.807, 2.05) is 25.8 Å². The Morgan fingerprint density at radius 2 is 1.69 bits per heavy atom. The normalized spacial score (nSPS) is 14.4. The van der Waals surface area contributed by atoms with Gasteiger partial charge in [-0.15, -0.1) is 16.5 Å². The smallest absolute Gasteiger partial charge is 0.326 e. The number of azo groups is 1. The number of amidine groups is 1. The number of ketones is 2. The number of fused-ring (bicyclic) bond motifs is 1. The number of hydrogen-bond acceptors (Lipinski definition) is 18. The molecule has 2 aliphatic heterocycles. The molecule has 0 fully saturated rings. The number of carboxylic acids is 1. The number of Topliss-reactive ketones (excluding diaryl/α,β-unsaturated/α-hetero) is 2. The zero-order chi connectivity index (χ0) is 51.4. The topological polar surface area (TPSA) is 314 Å². The molecule has 0 radical (unpaired) electrons.